The van der Waals surface area contributed by atoms with Gasteiger partial charge in [-0.3, -0.25) is 14.6 Å². The number of aromatic nitrogens is 4. The van der Waals surface area contributed by atoms with E-state index in [1.807, 2.05) is 20.9 Å². The van der Waals surface area contributed by atoms with Gasteiger partial charge in [-0.2, -0.15) is 10.2 Å². The molecule has 0 saturated carbocycles. The van der Waals surface area contributed by atoms with Gasteiger partial charge in [-0.05, 0) is 32.0 Å². The fourth-order valence-electron chi connectivity index (χ4n) is 2.64. The monoisotopic (exact) mass is 329 g/mol. The Morgan fingerprint density at radius 1 is 1.50 bits per heavy atom. The number of aliphatic hydroxyl groups excluding tert-OH is 1. The Morgan fingerprint density at radius 3 is 2.88 bits per heavy atom. The van der Waals surface area contributed by atoms with Crippen LogP contribution in [-0.2, 0) is 7.05 Å². The molecule has 3 heterocycles. The average Bonchev–Trinajstić information content (AvgIpc) is 3.27. The Balaban J connectivity index is 1.81. The minimum Gasteiger partial charge on any atom is -0.467 e. The summed E-state index contributed by atoms with van der Waals surface area (Å²) in [7, 11) is 1.86. The number of nitrogens with one attached hydrogen (secondary N) is 2. The van der Waals surface area contributed by atoms with E-state index in [-0.39, 0.29) is 12.5 Å². The molecule has 1 atom stereocenters. The van der Waals surface area contributed by atoms with Crippen LogP contribution in [0.15, 0.2) is 28.9 Å². The first-order chi connectivity index (χ1) is 11.5. The van der Waals surface area contributed by atoms with E-state index in [0.29, 0.717) is 17.1 Å². The summed E-state index contributed by atoms with van der Waals surface area (Å²) in [5.41, 5.74) is 3.67. The van der Waals surface area contributed by atoms with Gasteiger partial charge in [0.05, 0.1) is 24.3 Å². The van der Waals surface area contributed by atoms with Crippen LogP contribution in [0.1, 0.15) is 33.7 Å². The first-order valence-corrected chi connectivity index (χ1v) is 7.52. The lowest BCUT2D eigenvalue weighted by Crippen LogP contribution is -2.30. The molecule has 0 aromatic carbocycles. The van der Waals surface area contributed by atoms with Gasteiger partial charge in [0.1, 0.15) is 17.5 Å². The second-order valence-corrected chi connectivity index (χ2v) is 5.56. The SMILES string of the molecule is Cc1nn(C)c(C)c1-c1cc(C(=O)NC(CO)c2ccco2)[nH]n1. The smallest absolute Gasteiger partial charge is 0.269 e. The normalized spacial score (nSPS) is 12.3. The number of aromatic amines is 1. The minimum absolute atomic E-state index is 0.263. The molecule has 0 aliphatic rings. The summed E-state index contributed by atoms with van der Waals surface area (Å²) >= 11 is 0. The van der Waals surface area contributed by atoms with E-state index in [9.17, 15) is 9.90 Å². The second kappa shape index (κ2) is 6.32. The molecule has 8 nitrogen and oxygen atoms in total. The van der Waals surface area contributed by atoms with Gasteiger partial charge in [0, 0.05) is 18.3 Å². The number of nitrogens with zero attached hydrogens (tertiary/aromatic N) is 3. The van der Waals surface area contributed by atoms with Gasteiger partial charge in [0.2, 0.25) is 0 Å². The van der Waals surface area contributed by atoms with Crippen LogP contribution < -0.4 is 5.32 Å². The van der Waals surface area contributed by atoms with E-state index in [1.54, 1.807) is 22.9 Å². The molecule has 0 spiro atoms. The highest BCUT2D eigenvalue weighted by Gasteiger charge is 2.20. The van der Waals surface area contributed by atoms with Crippen LogP contribution in [0.2, 0.25) is 0 Å². The molecule has 0 fully saturated rings. The first kappa shape index (κ1) is 16.0. The third-order valence-corrected chi connectivity index (χ3v) is 3.96. The van der Waals surface area contributed by atoms with Crippen molar-refractivity contribution >= 4 is 5.91 Å². The maximum atomic E-state index is 12.4. The lowest BCUT2D eigenvalue weighted by Gasteiger charge is -2.12. The van der Waals surface area contributed by atoms with E-state index >= 15 is 0 Å². The van der Waals surface area contributed by atoms with E-state index in [2.05, 4.69) is 20.6 Å². The molecular weight excluding hydrogens is 310 g/mol. The van der Waals surface area contributed by atoms with Crippen molar-refractivity contribution in [2.75, 3.05) is 6.61 Å². The van der Waals surface area contributed by atoms with Crippen LogP contribution >= 0.6 is 0 Å². The van der Waals surface area contributed by atoms with Crippen molar-refractivity contribution in [1.29, 1.82) is 0 Å². The lowest BCUT2D eigenvalue weighted by atomic mass is 10.1. The fraction of sp³-hybridized carbons (Fsp3) is 0.312. The summed E-state index contributed by atoms with van der Waals surface area (Å²) in [6.07, 6.45) is 1.49. The van der Waals surface area contributed by atoms with E-state index in [1.165, 1.54) is 6.26 Å². The van der Waals surface area contributed by atoms with Crippen LogP contribution in [0.25, 0.3) is 11.3 Å². The molecule has 8 heteroatoms. The fourth-order valence-corrected chi connectivity index (χ4v) is 2.64. The number of rotatable bonds is 5. The Morgan fingerprint density at radius 2 is 2.29 bits per heavy atom. The Kier molecular flexibility index (Phi) is 4.22. The van der Waals surface area contributed by atoms with Crippen molar-refractivity contribution in [3.63, 3.8) is 0 Å². The number of aryl methyl sites for hydroxylation is 2. The molecule has 3 N–H and O–H groups in total. The largest absolute Gasteiger partial charge is 0.467 e. The van der Waals surface area contributed by atoms with Crippen LogP contribution in [-0.4, -0.2) is 37.6 Å². The molecule has 1 unspecified atom stereocenters. The van der Waals surface area contributed by atoms with Gasteiger partial charge in [-0.1, -0.05) is 0 Å². The van der Waals surface area contributed by atoms with E-state index in [4.69, 9.17) is 4.42 Å². The summed E-state index contributed by atoms with van der Waals surface area (Å²) in [5.74, 6) is 0.118. The molecule has 0 bridgehead atoms. The molecule has 3 aromatic heterocycles. The van der Waals surface area contributed by atoms with Crippen LogP contribution in [0.4, 0.5) is 0 Å². The van der Waals surface area contributed by atoms with Gasteiger partial charge in [-0.25, -0.2) is 0 Å². The Labute approximate surface area is 138 Å². The third kappa shape index (κ3) is 2.83. The zero-order valence-electron chi connectivity index (χ0n) is 13.7. The first-order valence-electron chi connectivity index (χ1n) is 7.52. The third-order valence-electron chi connectivity index (χ3n) is 3.96. The zero-order valence-corrected chi connectivity index (χ0v) is 13.7. The lowest BCUT2D eigenvalue weighted by molar-refractivity contribution is 0.0902. The second-order valence-electron chi connectivity index (χ2n) is 5.56. The topological polar surface area (TPSA) is 109 Å². The highest BCUT2D eigenvalue weighted by atomic mass is 16.3. The molecule has 0 radical (unpaired) electrons. The van der Waals surface area contributed by atoms with Crippen molar-refractivity contribution < 1.29 is 14.3 Å². The van der Waals surface area contributed by atoms with Gasteiger partial charge in [0.15, 0.2) is 0 Å². The van der Waals surface area contributed by atoms with Crippen molar-refractivity contribution in [2.45, 2.75) is 19.9 Å². The van der Waals surface area contributed by atoms with Crippen LogP contribution in [0.3, 0.4) is 0 Å². The van der Waals surface area contributed by atoms with E-state index in [0.717, 1.165) is 17.0 Å². The molecule has 126 valence electrons. The maximum absolute atomic E-state index is 12.4. The van der Waals surface area contributed by atoms with Crippen molar-refractivity contribution in [1.82, 2.24) is 25.3 Å². The number of hydrogen-bond donors (Lipinski definition) is 3. The van der Waals surface area contributed by atoms with Gasteiger partial charge >= 0.3 is 0 Å². The zero-order chi connectivity index (χ0) is 17.3. The summed E-state index contributed by atoms with van der Waals surface area (Å²) in [4.78, 5) is 12.4. The number of hydrogen-bond acceptors (Lipinski definition) is 5. The predicted octanol–water partition coefficient (Wildman–Crippen LogP) is 1.48. The Bertz CT molecular complexity index is 847. The van der Waals surface area contributed by atoms with Gasteiger partial charge < -0.3 is 14.8 Å². The number of aliphatic hydroxyl groups is 1. The highest BCUT2D eigenvalue weighted by molar-refractivity contribution is 5.93. The van der Waals surface area contributed by atoms with Crippen LogP contribution in [0.5, 0.6) is 0 Å². The molecule has 0 saturated heterocycles. The summed E-state index contributed by atoms with van der Waals surface area (Å²) in [6, 6.07) is 4.46. The van der Waals surface area contributed by atoms with Gasteiger partial charge in [-0.15, -0.1) is 0 Å². The number of H-pyrrole nitrogens is 1. The van der Waals surface area contributed by atoms with Crippen molar-refractivity contribution in [3.8, 4) is 11.3 Å². The summed E-state index contributed by atoms with van der Waals surface area (Å²) in [5, 5.41) is 23.4. The molecule has 3 aromatic rings. The quantitative estimate of drug-likeness (QED) is 0.657. The van der Waals surface area contributed by atoms with Crippen LogP contribution in [0, 0.1) is 13.8 Å². The Hall–Kier alpha value is -2.87. The number of furan rings is 1. The highest BCUT2D eigenvalue weighted by Crippen LogP contribution is 2.25. The molecule has 1 amide bonds. The van der Waals surface area contributed by atoms with Crippen molar-refractivity contribution in [2.24, 2.45) is 7.05 Å². The number of carbonyl (C=O) groups is 1. The number of carbonyl (C=O) groups excluding carboxylic acids is 1. The van der Waals surface area contributed by atoms with Gasteiger partial charge in [0.25, 0.3) is 5.91 Å². The average molecular weight is 329 g/mol. The predicted molar refractivity (Wildman–Crippen MR) is 86.3 cm³/mol. The molecular formula is C16H19N5O3. The molecule has 0 aliphatic carbocycles. The minimum atomic E-state index is -0.610. The molecule has 3 rings (SSSR count). The number of amides is 1. The molecule has 24 heavy (non-hydrogen) atoms. The van der Waals surface area contributed by atoms with Crippen molar-refractivity contribution in [3.05, 3.63) is 47.3 Å². The van der Waals surface area contributed by atoms with E-state index < -0.39 is 6.04 Å². The maximum Gasteiger partial charge on any atom is 0.269 e. The summed E-state index contributed by atoms with van der Waals surface area (Å²) < 4.78 is 7.00. The molecule has 0 aliphatic heterocycles. The standard InChI is InChI=1S/C16H19N5O3/c1-9-15(10(2)21(3)20-9)11-7-12(19-18-11)16(23)17-13(8-22)14-5-4-6-24-14/h4-7,13,22H,8H2,1-3H3,(H,17,23)(H,18,19). The summed E-state index contributed by atoms with van der Waals surface area (Å²) in [6.45, 7) is 3.58.